The molecule has 0 radical (unpaired) electrons. The summed E-state index contributed by atoms with van der Waals surface area (Å²) < 4.78 is 6.12. The van der Waals surface area contributed by atoms with Gasteiger partial charge in [-0.15, -0.1) is 11.6 Å². The summed E-state index contributed by atoms with van der Waals surface area (Å²) in [5.41, 5.74) is 3.68. The third-order valence-electron chi connectivity index (χ3n) is 3.54. The SMILES string of the molecule is CCc1ccc(Oc2cccc(CCl)c2)c(C(C)(C)C)c1. The maximum atomic E-state index is 6.12. The van der Waals surface area contributed by atoms with Gasteiger partial charge < -0.3 is 4.74 Å². The average Bonchev–Trinajstić information content (AvgIpc) is 2.46. The summed E-state index contributed by atoms with van der Waals surface area (Å²) >= 11 is 5.89. The van der Waals surface area contributed by atoms with Crippen molar-refractivity contribution in [2.24, 2.45) is 0 Å². The van der Waals surface area contributed by atoms with Gasteiger partial charge in [-0.25, -0.2) is 0 Å². The first-order valence-electron chi connectivity index (χ1n) is 7.40. The normalized spacial score (nSPS) is 11.5. The van der Waals surface area contributed by atoms with Crippen molar-refractivity contribution in [1.82, 2.24) is 0 Å². The van der Waals surface area contributed by atoms with Gasteiger partial charge in [0.15, 0.2) is 0 Å². The van der Waals surface area contributed by atoms with Crippen molar-refractivity contribution in [3.05, 3.63) is 59.2 Å². The Morgan fingerprint density at radius 1 is 1.00 bits per heavy atom. The van der Waals surface area contributed by atoms with Gasteiger partial charge in [-0.05, 0) is 41.2 Å². The molecule has 2 heteroatoms. The van der Waals surface area contributed by atoms with Gasteiger partial charge in [0.05, 0.1) is 0 Å². The third kappa shape index (κ3) is 4.01. The zero-order chi connectivity index (χ0) is 15.5. The lowest BCUT2D eigenvalue weighted by Gasteiger charge is -2.23. The fourth-order valence-corrected chi connectivity index (χ4v) is 2.46. The van der Waals surface area contributed by atoms with E-state index in [-0.39, 0.29) is 5.41 Å². The molecule has 0 saturated heterocycles. The fraction of sp³-hybridized carbons (Fsp3) is 0.368. The van der Waals surface area contributed by atoms with Crippen LogP contribution in [-0.4, -0.2) is 0 Å². The number of rotatable bonds is 4. The van der Waals surface area contributed by atoms with Crippen molar-refractivity contribution < 1.29 is 4.74 Å². The average molecular weight is 303 g/mol. The number of aryl methyl sites for hydroxylation is 1. The van der Waals surface area contributed by atoms with E-state index in [1.807, 2.05) is 24.3 Å². The Balaban J connectivity index is 2.39. The van der Waals surface area contributed by atoms with Crippen LogP contribution in [0.5, 0.6) is 11.5 Å². The Morgan fingerprint density at radius 3 is 2.38 bits per heavy atom. The Kier molecular flexibility index (Phi) is 4.95. The molecule has 2 aromatic rings. The summed E-state index contributed by atoms with van der Waals surface area (Å²) in [7, 11) is 0. The van der Waals surface area contributed by atoms with Crippen LogP contribution in [0.3, 0.4) is 0 Å². The van der Waals surface area contributed by atoms with E-state index in [1.165, 1.54) is 11.1 Å². The third-order valence-corrected chi connectivity index (χ3v) is 3.85. The number of halogens is 1. The molecule has 21 heavy (non-hydrogen) atoms. The second-order valence-corrected chi connectivity index (χ2v) is 6.58. The van der Waals surface area contributed by atoms with Crippen molar-refractivity contribution in [3.63, 3.8) is 0 Å². The van der Waals surface area contributed by atoms with E-state index in [2.05, 4.69) is 45.9 Å². The molecule has 0 atom stereocenters. The Hall–Kier alpha value is -1.47. The standard InChI is InChI=1S/C19H23ClO/c1-5-14-9-10-18(17(12-14)19(2,3)4)21-16-8-6-7-15(11-16)13-20/h6-12H,5,13H2,1-4H3. The molecule has 0 saturated carbocycles. The highest BCUT2D eigenvalue weighted by atomic mass is 35.5. The molecule has 2 aromatic carbocycles. The highest BCUT2D eigenvalue weighted by Crippen LogP contribution is 2.35. The number of ether oxygens (including phenoxy) is 1. The van der Waals surface area contributed by atoms with Crippen LogP contribution in [0.15, 0.2) is 42.5 Å². The predicted octanol–water partition coefficient (Wildman–Crippen LogP) is 6.08. The Labute approximate surface area is 132 Å². The summed E-state index contributed by atoms with van der Waals surface area (Å²) in [5.74, 6) is 2.26. The molecule has 2 rings (SSSR count). The maximum Gasteiger partial charge on any atom is 0.131 e. The van der Waals surface area contributed by atoms with Crippen LogP contribution in [0.1, 0.15) is 44.4 Å². The van der Waals surface area contributed by atoms with Gasteiger partial charge in [0.2, 0.25) is 0 Å². The molecule has 112 valence electrons. The molecular formula is C19H23ClO. The Morgan fingerprint density at radius 2 is 1.76 bits per heavy atom. The lowest BCUT2D eigenvalue weighted by molar-refractivity contribution is 0.454. The minimum Gasteiger partial charge on any atom is -0.457 e. The van der Waals surface area contributed by atoms with Gasteiger partial charge in [0, 0.05) is 11.4 Å². The first-order chi connectivity index (χ1) is 9.94. The van der Waals surface area contributed by atoms with Crippen LogP contribution >= 0.6 is 11.6 Å². The molecule has 0 fully saturated rings. The predicted molar refractivity (Wildman–Crippen MR) is 90.6 cm³/mol. The monoisotopic (exact) mass is 302 g/mol. The summed E-state index contributed by atoms with van der Waals surface area (Å²) in [6, 6.07) is 14.4. The minimum absolute atomic E-state index is 0.0462. The number of hydrogen-bond acceptors (Lipinski definition) is 1. The highest BCUT2D eigenvalue weighted by Gasteiger charge is 2.20. The summed E-state index contributed by atoms with van der Waals surface area (Å²) in [6.45, 7) is 8.81. The lowest BCUT2D eigenvalue weighted by atomic mass is 9.85. The van der Waals surface area contributed by atoms with Crippen molar-refractivity contribution in [2.75, 3.05) is 0 Å². The molecule has 0 bridgehead atoms. The van der Waals surface area contributed by atoms with Gasteiger partial charge in [0.1, 0.15) is 11.5 Å². The number of hydrogen-bond donors (Lipinski definition) is 0. The van der Waals surface area contributed by atoms with Crippen LogP contribution in [-0.2, 0) is 17.7 Å². The Bertz CT molecular complexity index is 611. The second kappa shape index (κ2) is 6.53. The first kappa shape index (κ1) is 15.9. The van der Waals surface area contributed by atoms with E-state index in [9.17, 15) is 0 Å². The van der Waals surface area contributed by atoms with Crippen LogP contribution < -0.4 is 4.74 Å². The minimum atomic E-state index is 0.0462. The molecule has 0 aliphatic rings. The van der Waals surface area contributed by atoms with Crippen molar-refractivity contribution in [2.45, 2.75) is 45.4 Å². The summed E-state index contributed by atoms with van der Waals surface area (Å²) in [5, 5.41) is 0. The largest absolute Gasteiger partial charge is 0.457 e. The van der Waals surface area contributed by atoms with E-state index in [0.717, 1.165) is 23.5 Å². The van der Waals surface area contributed by atoms with Gasteiger partial charge in [-0.1, -0.05) is 52.0 Å². The molecule has 0 amide bonds. The zero-order valence-electron chi connectivity index (χ0n) is 13.2. The van der Waals surface area contributed by atoms with Crippen molar-refractivity contribution in [1.29, 1.82) is 0 Å². The van der Waals surface area contributed by atoms with E-state index in [0.29, 0.717) is 5.88 Å². The number of alkyl halides is 1. The molecule has 0 aromatic heterocycles. The van der Waals surface area contributed by atoms with Gasteiger partial charge in [0.25, 0.3) is 0 Å². The summed E-state index contributed by atoms with van der Waals surface area (Å²) in [6.07, 6.45) is 1.03. The molecular weight excluding hydrogens is 280 g/mol. The maximum absolute atomic E-state index is 6.12. The number of benzene rings is 2. The van der Waals surface area contributed by atoms with Crippen LogP contribution in [0, 0.1) is 0 Å². The van der Waals surface area contributed by atoms with Crippen LogP contribution in [0.4, 0.5) is 0 Å². The van der Waals surface area contributed by atoms with Crippen LogP contribution in [0.2, 0.25) is 0 Å². The van der Waals surface area contributed by atoms with Crippen molar-refractivity contribution >= 4 is 11.6 Å². The van der Waals surface area contributed by atoms with E-state index < -0.39 is 0 Å². The fourth-order valence-electron chi connectivity index (χ4n) is 2.29. The molecule has 0 aliphatic heterocycles. The van der Waals surface area contributed by atoms with E-state index in [4.69, 9.17) is 16.3 Å². The van der Waals surface area contributed by atoms with Gasteiger partial charge in [-0.3, -0.25) is 0 Å². The summed E-state index contributed by atoms with van der Waals surface area (Å²) in [4.78, 5) is 0. The lowest BCUT2D eigenvalue weighted by Crippen LogP contribution is -2.13. The molecule has 0 N–H and O–H groups in total. The molecule has 1 nitrogen and oxygen atoms in total. The topological polar surface area (TPSA) is 9.23 Å². The highest BCUT2D eigenvalue weighted by molar-refractivity contribution is 6.17. The van der Waals surface area contributed by atoms with Crippen molar-refractivity contribution in [3.8, 4) is 11.5 Å². The van der Waals surface area contributed by atoms with E-state index >= 15 is 0 Å². The molecule has 0 heterocycles. The molecule has 0 unspecified atom stereocenters. The van der Waals surface area contributed by atoms with Crippen LogP contribution in [0.25, 0.3) is 0 Å². The smallest absolute Gasteiger partial charge is 0.131 e. The quantitative estimate of drug-likeness (QED) is 0.622. The molecule has 0 spiro atoms. The van der Waals surface area contributed by atoms with E-state index in [1.54, 1.807) is 0 Å². The molecule has 0 aliphatic carbocycles. The first-order valence-corrected chi connectivity index (χ1v) is 7.93. The van der Waals surface area contributed by atoms with Gasteiger partial charge in [-0.2, -0.15) is 0 Å². The van der Waals surface area contributed by atoms with Gasteiger partial charge >= 0.3 is 0 Å². The zero-order valence-corrected chi connectivity index (χ0v) is 14.0. The second-order valence-electron chi connectivity index (χ2n) is 6.32.